The minimum atomic E-state index is -0.492. The van der Waals surface area contributed by atoms with Gasteiger partial charge in [0, 0.05) is 13.0 Å². The van der Waals surface area contributed by atoms with E-state index < -0.39 is 11.1 Å². The highest BCUT2D eigenvalue weighted by atomic mass is 35.5. The van der Waals surface area contributed by atoms with Gasteiger partial charge in [-0.05, 0) is 45.9 Å². The molecule has 1 atom stereocenters. The monoisotopic (exact) mass is 300 g/mol. The van der Waals surface area contributed by atoms with Crippen LogP contribution in [0.5, 0.6) is 0 Å². The molecule has 5 heteroatoms. The summed E-state index contributed by atoms with van der Waals surface area (Å²) in [4.78, 5) is 0. The Morgan fingerprint density at radius 2 is 2.00 bits per heavy atom. The van der Waals surface area contributed by atoms with Crippen LogP contribution in [0.1, 0.15) is 34.1 Å². The SMILES string of the molecule is CC1(C)CC(CN)(Nc2cc(F)ccc2Cl)C(C)(C)O1. The molecule has 1 saturated heterocycles. The molecule has 1 aromatic rings. The van der Waals surface area contributed by atoms with E-state index in [4.69, 9.17) is 22.1 Å². The van der Waals surface area contributed by atoms with E-state index in [2.05, 4.69) is 5.32 Å². The van der Waals surface area contributed by atoms with E-state index >= 15 is 0 Å². The minimum Gasteiger partial charge on any atom is -0.374 e. The van der Waals surface area contributed by atoms with Gasteiger partial charge in [-0.3, -0.25) is 0 Å². The molecule has 1 heterocycles. The third-order valence-electron chi connectivity index (χ3n) is 4.06. The van der Waals surface area contributed by atoms with Crippen molar-refractivity contribution >= 4 is 17.3 Å². The highest BCUT2D eigenvalue weighted by Crippen LogP contribution is 2.46. The summed E-state index contributed by atoms with van der Waals surface area (Å²) < 4.78 is 19.5. The van der Waals surface area contributed by atoms with Crippen molar-refractivity contribution in [3.05, 3.63) is 29.0 Å². The summed E-state index contributed by atoms with van der Waals surface area (Å²) >= 11 is 6.15. The van der Waals surface area contributed by atoms with E-state index in [-0.39, 0.29) is 11.4 Å². The molecule has 1 aliphatic rings. The van der Waals surface area contributed by atoms with Crippen LogP contribution in [0, 0.1) is 5.82 Å². The zero-order valence-corrected chi connectivity index (χ0v) is 13.1. The van der Waals surface area contributed by atoms with Crippen molar-refractivity contribution in [1.82, 2.24) is 0 Å². The zero-order chi connectivity index (χ0) is 15.2. The van der Waals surface area contributed by atoms with Crippen LogP contribution in [0.25, 0.3) is 0 Å². The maximum Gasteiger partial charge on any atom is 0.125 e. The lowest BCUT2D eigenvalue weighted by atomic mass is 9.78. The number of halogens is 2. The van der Waals surface area contributed by atoms with Gasteiger partial charge in [0.05, 0.1) is 27.5 Å². The molecule has 3 N–H and O–H groups in total. The normalized spacial score (nSPS) is 27.6. The molecule has 0 aromatic heterocycles. The van der Waals surface area contributed by atoms with E-state index in [1.165, 1.54) is 18.2 Å². The predicted octanol–water partition coefficient (Wildman–Crippen LogP) is 3.57. The fourth-order valence-corrected chi connectivity index (χ4v) is 3.34. The lowest BCUT2D eigenvalue weighted by Crippen LogP contribution is -2.57. The van der Waals surface area contributed by atoms with Crippen molar-refractivity contribution in [2.75, 3.05) is 11.9 Å². The van der Waals surface area contributed by atoms with Crippen molar-refractivity contribution < 1.29 is 9.13 Å². The molecule has 1 unspecified atom stereocenters. The van der Waals surface area contributed by atoms with Crippen molar-refractivity contribution in [1.29, 1.82) is 0 Å². The highest BCUT2D eigenvalue weighted by molar-refractivity contribution is 6.33. The number of nitrogens with one attached hydrogen (secondary N) is 1. The van der Waals surface area contributed by atoms with E-state index in [0.717, 1.165) is 6.42 Å². The molecule has 0 aliphatic carbocycles. The Labute approximate surface area is 124 Å². The quantitative estimate of drug-likeness (QED) is 0.897. The first-order valence-electron chi connectivity index (χ1n) is 6.74. The van der Waals surface area contributed by atoms with Gasteiger partial charge in [-0.25, -0.2) is 4.39 Å². The van der Waals surface area contributed by atoms with E-state index in [1.54, 1.807) is 0 Å². The van der Waals surface area contributed by atoms with Gasteiger partial charge in [-0.15, -0.1) is 0 Å². The summed E-state index contributed by atoms with van der Waals surface area (Å²) in [6.45, 7) is 8.42. The number of hydrogen-bond donors (Lipinski definition) is 2. The number of benzene rings is 1. The molecular formula is C15H22ClFN2O. The topological polar surface area (TPSA) is 47.3 Å². The van der Waals surface area contributed by atoms with E-state index in [1.807, 2.05) is 27.7 Å². The van der Waals surface area contributed by atoms with Gasteiger partial charge >= 0.3 is 0 Å². The van der Waals surface area contributed by atoms with E-state index in [9.17, 15) is 4.39 Å². The van der Waals surface area contributed by atoms with E-state index in [0.29, 0.717) is 17.3 Å². The van der Waals surface area contributed by atoms with Crippen molar-refractivity contribution in [3.63, 3.8) is 0 Å². The van der Waals surface area contributed by atoms with Gasteiger partial charge in [0.2, 0.25) is 0 Å². The van der Waals surface area contributed by atoms with Crippen molar-refractivity contribution in [2.24, 2.45) is 5.73 Å². The molecular weight excluding hydrogens is 279 g/mol. The van der Waals surface area contributed by atoms with Gasteiger partial charge in [0.1, 0.15) is 5.82 Å². The minimum absolute atomic E-state index is 0.296. The zero-order valence-electron chi connectivity index (χ0n) is 12.4. The molecule has 0 bridgehead atoms. The van der Waals surface area contributed by atoms with Gasteiger partial charge in [0.15, 0.2) is 0 Å². The predicted molar refractivity (Wildman–Crippen MR) is 80.7 cm³/mol. The van der Waals surface area contributed by atoms with Crippen LogP contribution in [-0.2, 0) is 4.74 Å². The first-order valence-corrected chi connectivity index (χ1v) is 7.12. The summed E-state index contributed by atoms with van der Waals surface area (Å²) in [5, 5.41) is 3.81. The molecule has 112 valence electrons. The van der Waals surface area contributed by atoms with Crippen LogP contribution in [0.4, 0.5) is 10.1 Å². The van der Waals surface area contributed by atoms with Crippen molar-refractivity contribution in [3.8, 4) is 0 Å². The molecule has 1 aliphatic heterocycles. The Balaban J connectivity index is 2.40. The summed E-state index contributed by atoms with van der Waals surface area (Å²) in [6.07, 6.45) is 0.719. The number of hydrogen-bond acceptors (Lipinski definition) is 3. The fourth-order valence-electron chi connectivity index (χ4n) is 3.18. The third-order valence-corrected chi connectivity index (χ3v) is 4.39. The number of rotatable bonds is 3. The molecule has 20 heavy (non-hydrogen) atoms. The van der Waals surface area contributed by atoms with Crippen LogP contribution in [0.3, 0.4) is 0 Å². The average Bonchev–Trinajstić information content (AvgIpc) is 2.49. The molecule has 0 spiro atoms. The molecule has 1 fully saturated rings. The second-order valence-corrected chi connectivity index (χ2v) is 6.99. The summed E-state index contributed by atoms with van der Waals surface area (Å²) in [6, 6.07) is 4.27. The smallest absolute Gasteiger partial charge is 0.125 e. The maximum absolute atomic E-state index is 13.4. The number of nitrogens with two attached hydrogens (primary N) is 1. The molecule has 0 saturated carbocycles. The van der Waals surface area contributed by atoms with Gasteiger partial charge in [0.25, 0.3) is 0 Å². The molecule has 0 radical (unpaired) electrons. The molecule has 2 rings (SSSR count). The van der Waals surface area contributed by atoms with Gasteiger partial charge in [-0.2, -0.15) is 0 Å². The molecule has 1 aromatic carbocycles. The van der Waals surface area contributed by atoms with Crippen LogP contribution in [0.2, 0.25) is 5.02 Å². The lowest BCUT2D eigenvalue weighted by molar-refractivity contribution is -0.0753. The Morgan fingerprint density at radius 3 is 2.50 bits per heavy atom. The van der Waals surface area contributed by atoms with Gasteiger partial charge < -0.3 is 15.8 Å². The Bertz CT molecular complexity index is 519. The first-order chi connectivity index (χ1) is 9.11. The number of anilines is 1. The summed E-state index contributed by atoms with van der Waals surface area (Å²) in [5.41, 5.74) is 5.30. The second-order valence-electron chi connectivity index (χ2n) is 6.58. The Kier molecular flexibility index (Phi) is 3.78. The Hall–Kier alpha value is -0.840. The second kappa shape index (κ2) is 4.86. The molecule has 3 nitrogen and oxygen atoms in total. The van der Waals surface area contributed by atoms with Crippen molar-refractivity contribution in [2.45, 2.75) is 50.9 Å². The first kappa shape index (κ1) is 15.5. The number of ether oxygens (including phenoxy) is 1. The average molecular weight is 301 g/mol. The Morgan fingerprint density at radius 1 is 1.35 bits per heavy atom. The lowest BCUT2D eigenvalue weighted by Gasteiger charge is -2.40. The van der Waals surface area contributed by atoms with Gasteiger partial charge in [-0.1, -0.05) is 11.6 Å². The van der Waals surface area contributed by atoms with Crippen LogP contribution in [0.15, 0.2) is 18.2 Å². The van der Waals surface area contributed by atoms with Crippen LogP contribution < -0.4 is 11.1 Å². The van der Waals surface area contributed by atoms with Crippen LogP contribution in [-0.4, -0.2) is 23.3 Å². The largest absolute Gasteiger partial charge is 0.374 e. The maximum atomic E-state index is 13.4. The fraction of sp³-hybridized carbons (Fsp3) is 0.600. The van der Waals surface area contributed by atoms with Crippen LogP contribution >= 0.6 is 11.6 Å². The molecule has 0 amide bonds. The highest BCUT2D eigenvalue weighted by Gasteiger charge is 2.56. The standard InChI is InChI=1S/C15H22ClFN2O/c1-13(2)8-15(9-18,14(3,4)20-13)19-12-7-10(17)5-6-11(12)16/h5-7,19H,8-9,18H2,1-4H3. The summed E-state index contributed by atoms with van der Waals surface area (Å²) in [5.74, 6) is -0.333. The third kappa shape index (κ3) is 2.65. The summed E-state index contributed by atoms with van der Waals surface area (Å²) in [7, 11) is 0.